The summed E-state index contributed by atoms with van der Waals surface area (Å²) < 4.78 is 58.3. The molecule has 3 aliphatic heterocycles. The summed E-state index contributed by atoms with van der Waals surface area (Å²) in [5.74, 6) is 3.37. The molecule has 2 N–H and O–H groups in total. The minimum Gasteiger partial charge on any atom is -0.508 e. The number of pyridine rings is 1. The van der Waals surface area contributed by atoms with E-state index in [1.165, 1.54) is 31.4 Å². The van der Waals surface area contributed by atoms with Crippen molar-refractivity contribution >= 4 is 33.5 Å². The molecule has 1 saturated carbocycles. The number of carbonyl (C=O) groups excluding carboxylic acids is 1. The average Bonchev–Trinajstić information content (AvgIpc) is 3.89. The highest BCUT2D eigenvalue weighted by Crippen LogP contribution is 2.48. The maximum Gasteiger partial charge on any atom is 0.319 e. The van der Waals surface area contributed by atoms with Crippen LogP contribution >= 0.6 is 0 Å². The number of hydrogen-bond acceptors (Lipinski definition) is 9. The molecule has 0 radical (unpaired) electrons. The van der Waals surface area contributed by atoms with Crippen molar-refractivity contribution in [3.05, 3.63) is 41.5 Å². The zero-order valence-corrected chi connectivity index (χ0v) is 29.9. The number of carbonyl (C=O) groups is 1. The number of urea groups is 1. The zero-order valence-electron chi connectivity index (χ0n) is 29.9. The van der Waals surface area contributed by atoms with Crippen LogP contribution in [0.25, 0.3) is 32.9 Å². The van der Waals surface area contributed by atoms with Crippen molar-refractivity contribution in [2.45, 2.75) is 56.8 Å². The summed E-state index contributed by atoms with van der Waals surface area (Å²) in [5.41, 5.74) is -0.628. The van der Waals surface area contributed by atoms with Gasteiger partial charge in [-0.2, -0.15) is 9.97 Å². The molecule has 2 unspecified atom stereocenters. The molecule has 2 amide bonds. The van der Waals surface area contributed by atoms with Gasteiger partial charge in [0.1, 0.15) is 40.2 Å². The van der Waals surface area contributed by atoms with Crippen LogP contribution in [0, 0.1) is 41.7 Å². The van der Waals surface area contributed by atoms with E-state index in [4.69, 9.17) is 27.3 Å². The van der Waals surface area contributed by atoms with Crippen molar-refractivity contribution in [1.82, 2.24) is 30.1 Å². The van der Waals surface area contributed by atoms with Crippen LogP contribution in [0.3, 0.4) is 0 Å². The van der Waals surface area contributed by atoms with Gasteiger partial charge < -0.3 is 34.6 Å². The van der Waals surface area contributed by atoms with Gasteiger partial charge in [-0.25, -0.2) is 22.9 Å². The highest BCUT2D eigenvalue weighted by molar-refractivity contribution is 6.04. The number of halogens is 3. The number of amides is 2. The van der Waals surface area contributed by atoms with Crippen molar-refractivity contribution in [2.75, 3.05) is 57.9 Å². The van der Waals surface area contributed by atoms with Crippen LogP contribution in [0.1, 0.15) is 44.1 Å². The average molecular weight is 740 g/mol. The number of benzene rings is 2. The second kappa shape index (κ2) is 14.1. The van der Waals surface area contributed by atoms with E-state index in [9.17, 15) is 14.3 Å². The quantitative estimate of drug-likeness (QED) is 0.218. The third kappa shape index (κ3) is 6.42. The molecule has 4 aliphatic rings. The first-order valence-electron chi connectivity index (χ1n) is 18.2. The number of terminal acetylenes is 2. The minimum absolute atomic E-state index is 0.00503. The Morgan fingerprint density at radius 3 is 2.46 bits per heavy atom. The first kappa shape index (κ1) is 35.6. The number of aromatic nitrogens is 3. The summed E-state index contributed by atoms with van der Waals surface area (Å²) in [6, 6.07) is 4.71. The molecule has 1 aliphatic carbocycles. The van der Waals surface area contributed by atoms with Gasteiger partial charge in [0.05, 0.1) is 37.9 Å². The molecule has 8 rings (SSSR count). The van der Waals surface area contributed by atoms with Crippen LogP contribution < -0.4 is 19.7 Å². The van der Waals surface area contributed by atoms with Crippen LogP contribution in [0.5, 0.6) is 17.6 Å². The van der Waals surface area contributed by atoms with Gasteiger partial charge in [0.15, 0.2) is 5.82 Å². The molecule has 4 aromatic rings. The Kier molecular flexibility index (Phi) is 9.26. The number of anilines is 1. The zero-order chi connectivity index (χ0) is 37.7. The molecule has 5 heterocycles. The lowest BCUT2D eigenvalue weighted by atomic mass is 9.95. The largest absolute Gasteiger partial charge is 0.508 e. The SMILES string of the molecule is C#CCNC(=O)N1C2CCC1CN(c1nc(OCC3(CN4CCC(F)CC4)CC3)nc3c(F)c(-c4cc(O)cc5ccc(F)c(C#C)c45)nc(OC)c13)C2. The summed E-state index contributed by atoms with van der Waals surface area (Å²) >= 11 is 0. The molecule has 4 fully saturated rings. The van der Waals surface area contributed by atoms with Gasteiger partial charge in [-0.3, -0.25) is 0 Å². The number of aromatic hydroxyl groups is 1. The normalized spacial score (nSPS) is 20.9. The summed E-state index contributed by atoms with van der Waals surface area (Å²) in [6.45, 7) is 3.28. The van der Waals surface area contributed by atoms with E-state index >= 15 is 8.78 Å². The number of piperidine rings is 1. The van der Waals surface area contributed by atoms with Crippen molar-refractivity contribution in [3.8, 4) is 53.6 Å². The van der Waals surface area contributed by atoms with Crippen LogP contribution in [0.2, 0.25) is 0 Å². The Labute approximate surface area is 310 Å². The van der Waals surface area contributed by atoms with E-state index in [2.05, 4.69) is 32.0 Å². The summed E-state index contributed by atoms with van der Waals surface area (Å²) in [7, 11) is 1.39. The summed E-state index contributed by atoms with van der Waals surface area (Å²) in [6.07, 6.45) is 14.7. The van der Waals surface area contributed by atoms with E-state index in [1.807, 2.05) is 9.80 Å². The molecule has 2 aromatic carbocycles. The second-order valence-corrected chi connectivity index (χ2v) is 14.8. The van der Waals surface area contributed by atoms with Crippen molar-refractivity contribution in [2.24, 2.45) is 5.41 Å². The fourth-order valence-corrected chi connectivity index (χ4v) is 8.38. The third-order valence-electron chi connectivity index (χ3n) is 11.3. The molecule has 2 aromatic heterocycles. The number of phenolic OH excluding ortho intramolecular Hbond substituents is 1. The van der Waals surface area contributed by atoms with Gasteiger partial charge >= 0.3 is 12.0 Å². The Bertz CT molecular complexity index is 2210. The Balaban J connectivity index is 1.23. The van der Waals surface area contributed by atoms with Gasteiger partial charge in [-0.1, -0.05) is 17.9 Å². The smallest absolute Gasteiger partial charge is 0.319 e. The summed E-state index contributed by atoms with van der Waals surface area (Å²) in [5, 5.41) is 14.2. The van der Waals surface area contributed by atoms with Gasteiger partial charge in [0.25, 0.3) is 0 Å². The lowest BCUT2D eigenvalue weighted by Gasteiger charge is -2.41. The number of methoxy groups -OCH3 is 1. The van der Waals surface area contributed by atoms with E-state index in [0.717, 1.165) is 32.2 Å². The second-order valence-electron chi connectivity index (χ2n) is 14.8. The lowest BCUT2D eigenvalue weighted by Crippen LogP contribution is -2.58. The predicted molar refractivity (Wildman–Crippen MR) is 197 cm³/mol. The first-order valence-corrected chi connectivity index (χ1v) is 18.2. The standard InChI is InChI=1S/C40H40F3N7O4/c1-4-14-44-39(52)50-25-7-8-26(50)20-49(19-25)36-32-35(46-38(47-36)54-22-40(12-13-40)21-48-15-10-24(41)11-16-48)33(43)34(45-37(32)53-3)29-18-27(51)17-23-6-9-30(42)28(5-2)31(23)29/h1-2,6,9,17-18,24-26,51H,7-8,10-16,19-22H2,3H3,(H,44,52). The fourth-order valence-electron chi connectivity index (χ4n) is 8.38. The number of rotatable bonds is 9. The topological polar surface area (TPSA) is 116 Å². The van der Waals surface area contributed by atoms with Crippen molar-refractivity contribution < 1.29 is 32.5 Å². The first-order chi connectivity index (χ1) is 26.1. The minimum atomic E-state index is -0.871. The molecule has 3 saturated heterocycles. The number of likely N-dealkylation sites (tertiary alicyclic amines) is 1. The van der Waals surface area contributed by atoms with Gasteiger partial charge in [-0.05, 0) is 62.1 Å². The molecule has 2 atom stereocenters. The molecule has 0 spiro atoms. The number of alkyl halides is 1. The van der Waals surface area contributed by atoms with Crippen LogP contribution in [0.4, 0.5) is 23.8 Å². The Morgan fingerprint density at radius 1 is 1.06 bits per heavy atom. The monoisotopic (exact) mass is 739 g/mol. The molecule has 11 nitrogen and oxygen atoms in total. The number of ether oxygens (including phenoxy) is 2. The lowest BCUT2D eigenvalue weighted by molar-refractivity contribution is 0.107. The third-order valence-corrected chi connectivity index (χ3v) is 11.3. The maximum atomic E-state index is 17.2. The van der Waals surface area contributed by atoms with Crippen LogP contribution in [-0.4, -0.2) is 107 Å². The summed E-state index contributed by atoms with van der Waals surface area (Å²) in [4.78, 5) is 33.2. The van der Waals surface area contributed by atoms with Crippen molar-refractivity contribution in [1.29, 1.82) is 0 Å². The fraction of sp³-hybridized carbons (Fsp3) is 0.450. The predicted octanol–water partition coefficient (Wildman–Crippen LogP) is 5.41. The Morgan fingerprint density at radius 2 is 1.80 bits per heavy atom. The maximum absolute atomic E-state index is 17.2. The molecule has 2 bridgehead atoms. The molecular weight excluding hydrogens is 699 g/mol. The van der Waals surface area contributed by atoms with Gasteiger partial charge in [-0.15, -0.1) is 12.8 Å². The number of nitrogens with one attached hydrogen (secondary N) is 1. The van der Waals surface area contributed by atoms with E-state index in [0.29, 0.717) is 50.2 Å². The number of piperazine rings is 1. The van der Waals surface area contributed by atoms with E-state index < -0.39 is 17.8 Å². The number of hydrogen-bond donors (Lipinski definition) is 2. The highest BCUT2D eigenvalue weighted by Gasteiger charge is 2.46. The number of fused-ring (bicyclic) bond motifs is 4. The van der Waals surface area contributed by atoms with Crippen molar-refractivity contribution in [3.63, 3.8) is 0 Å². The van der Waals surface area contributed by atoms with Crippen LogP contribution in [-0.2, 0) is 0 Å². The van der Waals surface area contributed by atoms with Gasteiger partial charge in [0.2, 0.25) is 5.88 Å². The van der Waals surface area contributed by atoms with E-state index in [-0.39, 0.29) is 87.4 Å². The molecular formula is C40H40F3N7O4. The molecule has 14 heteroatoms. The molecule has 280 valence electrons. The number of phenols is 1. The molecule has 54 heavy (non-hydrogen) atoms. The van der Waals surface area contributed by atoms with Crippen LogP contribution in [0.15, 0.2) is 24.3 Å². The van der Waals surface area contributed by atoms with E-state index in [1.54, 1.807) is 0 Å². The highest BCUT2D eigenvalue weighted by atomic mass is 19.1. The van der Waals surface area contributed by atoms with Gasteiger partial charge in [0, 0.05) is 49.1 Å². The number of nitrogens with zero attached hydrogens (tertiary/aromatic N) is 6. The Hall–Kier alpha value is -5.47.